The lowest BCUT2D eigenvalue weighted by Crippen LogP contribution is -2.28. The fourth-order valence-corrected chi connectivity index (χ4v) is 2.92. The summed E-state index contributed by atoms with van der Waals surface area (Å²) in [4.78, 5) is 0. The van der Waals surface area contributed by atoms with E-state index in [9.17, 15) is 0 Å². The molecule has 0 spiro atoms. The Morgan fingerprint density at radius 1 is 1.29 bits per heavy atom. The molecule has 0 unspecified atom stereocenters. The Morgan fingerprint density at radius 2 is 1.82 bits per heavy atom. The lowest BCUT2D eigenvalue weighted by molar-refractivity contribution is 0.540. The molecule has 1 rings (SSSR count). The molecule has 0 bridgehead atoms. The van der Waals surface area contributed by atoms with Crippen molar-refractivity contribution in [2.24, 2.45) is 11.1 Å². The number of allylic oxidation sites excluding steroid dienone is 6. The van der Waals surface area contributed by atoms with E-state index < -0.39 is 0 Å². The summed E-state index contributed by atoms with van der Waals surface area (Å²) in [7, 11) is 0. The van der Waals surface area contributed by atoms with Gasteiger partial charge in [0, 0.05) is 17.3 Å². The summed E-state index contributed by atoms with van der Waals surface area (Å²) in [5.41, 5.74) is 12.0. The summed E-state index contributed by atoms with van der Waals surface area (Å²) >= 11 is 0. The second-order valence-electron chi connectivity index (χ2n) is 5.04. The van der Waals surface area contributed by atoms with Gasteiger partial charge in [-0.15, -0.1) is 0 Å². The first kappa shape index (κ1) is 13.5. The molecule has 0 saturated heterocycles. The van der Waals surface area contributed by atoms with Gasteiger partial charge in [0.2, 0.25) is 0 Å². The van der Waals surface area contributed by atoms with E-state index in [1.807, 2.05) is 13.8 Å². The normalized spacial score (nSPS) is 22.1. The third-order valence-corrected chi connectivity index (χ3v) is 3.67. The van der Waals surface area contributed by atoms with Crippen molar-refractivity contribution >= 4 is 6.21 Å². The quantitative estimate of drug-likeness (QED) is 0.698. The first-order chi connectivity index (χ1) is 7.78. The van der Waals surface area contributed by atoms with Gasteiger partial charge in [0.25, 0.3) is 0 Å². The van der Waals surface area contributed by atoms with Crippen LogP contribution in [0.25, 0.3) is 0 Å². The first-order valence-electron chi connectivity index (χ1n) is 5.84. The van der Waals surface area contributed by atoms with Gasteiger partial charge in [-0.3, -0.25) is 0 Å². The molecule has 0 saturated carbocycles. The van der Waals surface area contributed by atoms with Crippen molar-refractivity contribution in [3.8, 4) is 0 Å². The standard InChI is InChI=1S/C15H22N2/c1-7-12-10(3)14(17)11(4)13(9(2)8-16)15(12,5)6/h7-8,16H,2,17H2,1,3-6H3/b12-7+,16-8?. The Balaban J connectivity index is 3.64. The van der Waals surface area contributed by atoms with Crippen LogP contribution in [0, 0.1) is 10.8 Å². The Morgan fingerprint density at radius 3 is 2.24 bits per heavy atom. The largest absolute Gasteiger partial charge is 0.398 e. The van der Waals surface area contributed by atoms with Crippen LogP contribution in [0.1, 0.15) is 34.6 Å². The van der Waals surface area contributed by atoms with Gasteiger partial charge in [0.1, 0.15) is 0 Å². The Bertz CT molecular complexity index is 471. The Hall–Kier alpha value is -1.57. The van der Waals surface area contributed by atoms with E-state index in [4.69, 9.17) is 11.1 Å². The summed E-state index contributed by atoms with van der Waals surface area (Å²) in [6, 6.07) is 0. The van der Waals surface area contributed by atoms with Crippen molar-refractivity contribution in [3.05, 3.63) is 46.2 Å². The molecular formula is C15H22N2. The van der Waals surface area contributed by atoms with Crippen LogP contribution in [0.3, 0.4) is 0 Å². The van der Waals surface area contributed by atoms with Crippen LogP contribution >= 0.6 is 0 Å². The molecule has 1 aliphatic rings. The fourth-order valence-electron chi connectivity index (χ4n) is 2.92. The van der Waals surface area contributed by atoms with Gasteiger partial charge in [-0.1, -0.05) is 26.5 Å². The van der Waals surface area contributed by atoms with E-state index in [0.717, 1.165) is 28.0 Å². The van der Waals surface area contributed by atoms with Crippen molar-refractivity contribution in [1.82, 2.24) is 0 Å². The monoisotopic (exact) mass is 230 g/mol. The highest BCUT2D eigenvalue weighted by molar-refractivity contribution is 5.84. The smallest absolute Gasteiger partial charge is 0.0379 e. The zero-order chi connectivity index (χ0) is 13.4. The van der Waals surface area contributed by atoms with Crippen molar-refractivity contribution < 1.29 is 0 Å². The van der Waals surface area contributed by atoms with Crippen LogP contribution in [0.2, 0.25) is 0 Å². The zero-order valence-corrected chi connectivity index (χ0v) is 11.4. The number of hydrogen-bond acceptors (Lipinski definition) is 2. The SMILES string of the molecule is C=C(C=N)C1=C(C)C(N)=C(C)/C(=C\C)C1(C)C. The number of nitrogens with two attached hydrogens (primary N) is 1. The maximum Gasteiger partial charge on any atom is 0.0379 e. The molecule has 0 radical (unpaired) electrons. The molecule has 0 fully saturated rings. The molecule has 0 aromatic carbocycles. The molecule has 2 heteroatoms. The minimum Gasteiger partial charge on any atom is -0.398 e. The van der Waals surface area contributed by atoms with Crippen LogP contribution in [-0.4, -0.2) is 6.21 Å². The van der Waals surface area contributed by atoms with E-state index in [1.165, 1.54) is 11.8 Å². The minimum absolute atomic E-state index is 0.138. The van der Waals surface area contributed by atoms with Crippen molar-refractivity contribution in [2.75, 3.05) is 0 Å². The maximum absolute atomic E-state index is 7.42. The Labute approximate surface area is 104 Å². The van der Waals surface area contributed by atoms with E-state index in [0.29, 0.717) is 0 Å². The van der Waals surface area contributed by atoms with Gasteiger partial charge in [-0.25, -0.2) is 0 Å². The first-order valence-corrected chi connectivity index (χ1v) is 5.84. The molecule has 17 heavy (non-hydrogen) atoms. The maximum atomic E-state index is 7.42. The van der Waals surface area contributed by atoms with Crippen molar-refractivity contribution in [1.29, 1.82) is 5.41 Å². The van der Waals surface area contributed by atoms with Crippen LogP contribution in [-0.2, 0) is 0 Å². The third-order valence-electron chi connectivity index (χ3n) is 3.67. The molecule has 0 amide bonds. The second kappa shape index (κ2) is 4.36. The van der Waals surface area contributed by atoms with E-state index >= 15 is 0 Å². The predicted octanol–water partition coefficient (Wildman–Crippen LogP) is 3.73. The average molecular weight is 230 g/mol. The zero-order valence-electron chi connectivity index (χ0n) is 11.4. The summed E-state index contributed by atoms with van der Waals surface area (Å²) in [6.07, 6.45) is 3.41. The van der Waals surface area contributed by atoms with Gasteiger partial charge in [0.05, 0.1) is 0 Å². The predicted molar refractivity (Wildman–Crippen MR) is 75.0 cm³/mol. The highest BCUT2D eigenvalue weighted by Gasteiger charge is 2.35. The molecule has 0 aromatic heterocycles. The summed E-state index contributed by atoms with van der Waals surface area (Å²) < 4.78 is 0. The lowest BCUT2D eigenvalue weighted by atomic mass is 9.66. The molecule has 0 heterocycles. The molecule has 0 atom stereocenters. The minimum atomic E-state index is -0.138. The highest BCUT2D eigenvalue weighted by atomic mass is 14.6. The van der Waals surface area contributed by atoms with Gasteiger partial charge in [-0.2, -0.15) is 0 Å². The van der Waals surface area contributed by atoms with Gasteiger partial charge in [-0.05, 0) is 48.6 Å². The van der Waals surface area contributed by atoms with Crippen molar-refractivity contribution in [2.45, 2.75) is 34.6 Å². The molecule has 3 N–H and O–H groups in total. The van der Waals surface area contributed by atoms with Gasteiger partial charge in [0.15, 0.2) is 0 Å². The second-order valence-corrected chi connectivity index (χ2v) is 5.04. The van der Waals surface area contributed by atoms with E-state index in [2.05, 4.69) is 33.4 Å². The molecule has 2 nitrogen and oxygen atoms in total. The third kappa shape index (κ3) is 1.88. The van der Waals surface area contributed by atoms with Gasteiger partial charge >= 0.3 is 0 Å². The topological polar surface area (TPSA) is 49.9 Å². The van der Waals surface area contributed by atoms with Gasteiger partial charge < -0.3 is 11.1 Å². The van der Waals surface area contributed by atoms with E-state index in [1.54, 1.807) is 0 Å². The number of hydrogen-bond donors (Lipinski definition) is 2. The summed E-state index contributed by atoms with van der Waals surface area (Å²) in [5, 5.41) is 7.42. The molecule has 1 aliphatic carbocycles. The highest BCUT2D eigenvalue weighted by Crippen LogP contribution is 2.47. The Kier molecular flexibility index (Phi) is 3.46. The van der Waals surface area contributed by atoms with Crippen LogP contribution in [0.4, 0.5) is 0 Å². The molecule has 92 valence electrons. The molecule has 0 aliphatic heterocycles. The summed E-state index contributed by atoms with van der Waals surface area (Å²) in [5.74, 6) is 0. The van der Waals surface area contributed by atoms with Crippen LogP contribution in [0.15, 0.2) is 46.2 Å². The van der Waals surface area contributed by atoms with Crippen LogP contribution in [0.5, 0.6) is 0 Å². The van der Waals surface area contributed by atoms with Crippen molar-refractivity contribution in [3.63, 3.8) is 0 Å². The number of rotatable bonds is 2. The number of nitrogens with one attached hydrogen (secondary N) is 1. The van der Waals surface area contributed by atoms with Crippen LogP contribution < -0.4 is 5.73 Å². The average Bonchev–Trinajstić information content (AvgIpc) is 2.26. The molecular weight excluding hydrogens is 208 g/mol. The van der Waals surface area contributed by atoms with E-state index in [-0.39, 0.29) is 5.41 Å². The lowest BCUT2D eigenvalue weighted by Gasteiger charge is -2.38. The fraction of sp³-hybridized carbons (Fsp3) is 0.400. The molecule has 0 aromatic rings. The summed E-state index contributed by atoms with van der Waals surface area (Å²) in [6.45, 7) is 14.4.